The van der Waals surface area contributed by atoms with Crippen molar-refractivity contribution in [2.24, 2.45) is 5.92 Å². The zero-order chi connectivity index (χ0) is 19.1. The van der Waals surface area contributed by atoms with Crippen LogP contribution in [0.1, 0.15) is 51.0 Å². The maximum Gasteiger partial charge on any atom is 0.260 e. The van der Waals surface area contributed by atoms with Crippen LogP contribution in [-0.4, -0.2) is 32.3 Å². The number of hydrogen-bond donors (Lipinski definition) is 2. The van der Waals surface area contributed by atoms with Crippen LogP contribution >= 0.6 is 0 Å². The molecule has 146 valence electrons. The molecule has 28 heavy (non-hydrogen) atoms. The van der Waals surface area contributed by atoms with E-state index in [4.69, 9.17) is 4.98 Å². The first-order valence-corrected chi connectivity index (χ1v) is 10.4. The van der Waals surface area contributed by atoms with Gasteiger partial charge in [-0.05, 0) is 49.5 Å². The number of nitrogens with zero attached hydrogens (tertiary/aromatic N) is 3. The average molecular weight is 378 g/mol. The van der Waals surface area contributed by atoms with Crippen LogP contribution in [0.25, 0.3) is 21.8 Å². The number of rotatable bonds is 5. The van der Waals surface area contributed by atoms with Gasteiger partial charge in [-0.15, -0.1) is 0 Å². The fourth-order valence-electron chi connectivity index (χ4n) is 4.41. The SMILES string of the molecule is O=c1c2ccccc2c2cnc(NCCC3CC3)nc2n1C1CCC(O)CC1. The summed E-state index contributed by atoms with van der Waals surface area (Å²) < 4.78 is 1.86. The monoisotopic (exact) mass is 378 g/mol. The van der Waals surface area contributed by atoms with Crippen LogP contribution in [0.2, 0.25) is 0 Å². The van der Waals surface area contributed by atoms with Crippen molar-refractivity contribution in [1.29, 1.82) is 0 Å². The van der Waals surface area contributed by atoms with E-state index in [1.165, 1.54) is 12.8 Å². The molecule has 2 saturated carbocycles. The molecular formula is C22H26N4O2. The van der Waals surface area contributed by atoms with E-state index in [1.54, 1.807) is 0 Å². The molecule has 5 rings (SSSR count). The third kappa shape index (κ3) is 3.26. The Hall–Kier alpha value is -2.47. The quantitative estimate of drug-likeness (QED) is 0.663. The van der Waals surface area contributed by atoms with Crippen LogP contribution in [0.4, 0.5) is 5.95 Å². The number of anilines is 1. The third-order valence-corrected chi connectivity index (χ3v) is 6.23. The predicted molar refractivity (Wildman–Crippen MR) is 111 cm³/mol. The summed E-state index contributed by atoms with van der Waals surface area (Å²) in [6, 6.07) is 7.77. The molecule has 2 N–H and O–H groups in total. The second kappa shape index (κ2) is 7.17. The molecule has 0 radical (unpaired) electrons. The summed E-state index contributed by atoms with van der Waals surface area (Å²) in [6.07, 6.45) is 8.44. The Labute approximate surface area is 163 Å². The van der Waals surface area contributed by atoms with E-state index in [9.17, 15) is 9.90 Å². The summed E-state index contributed by atoms with van der Waals surface area (Å²) in [4.78, 5) is 22.7. The minimum atomic E-state index is -0.257. The molecule has 2 aliphatic rings. The number of aliphatic hydroxyl groups is 1. The van der Waals surface area contributed by atoms with Crippen molar-refractivity contribution in [2.75, 3.05) is 11.9 Å². The number of aliphatic hydroxyl groups excluding tert-OH is 1. The summed E-state index contributed by atoms with van der Waals surface area (Å²) in [5.41, 5.74) is 0.709. The number of hydrogen-bond acceptors (Lipinski definition) is 5. The molecule has 6 heteroatoms. The lowest BCUT2D eigenvalue weighted by atomic mass is 9.92. The van der Waals surface area contributed by atoms with Crippen LogP contribution in [0, 0.1) is 5.92 Å². The molecule has 6 nitrogen and oxygen atoms in total. The number of nitrogens with one attached hydrogen (secondary N) is 1. The smallest absolute Gasteiger partial charge is 0.260 e. The van der Waals surface area contributed by atoms with Gasteiger partial charge < -0.3 is 10.4 Å². The Kier molecular flexibility index (Phi) is 4.51. The van der Waals surface area contributed by atoms with Crippen molar-refractivity contribution < 1.29 is 5.11 Å². The molecule has 0 amide bonds. The van der Waals surface area contributed by atoms with E-state index in [0.29, 0.717) is 17.0 Å². The first kappa shape index (κ1) is 17.6. The standard InChI is InChI=1S/C22H26N4O2/c27-16-9-7-15(8-10-16)26-20-19(17-3-1-2-4-18(17)21(26)28)13-24-22(25-20)23-12-11-14-5-6-14/h1-4,13-16,27H,5-12H2,(H,23,24,25). The van der Waals surface area contributed by atoms with Gasteiger partial charge in [0, 0.05) is 29.6 Å². The summed E-state index contributed by atoms with van der Waals surface area (Å²) in [6.45, 7) is 0.865. The van der Waals surface area contributed by atoms with Gasteiger partial charge in [-0.2, -0.15) is 4.98 Å². The molecule has 0 aliphatic heterocycles. The number of benzene rings is 1. The summed E-state index contributed by atoms with van der Waals surface area (Å²) >= 11 is 0. The van der Waals surface area contributed by atoms with Gasteiger partial charge >= 0.3 is 0 Å². The first-order chi connectivity index (χ1) is 13.7. The molecule has 3 aromatic rings. The van der Waals surface area contributed by atoms with E-state index >= 15 is 0 Å². The number of aromatic nitrogens is 3. The largest absolute Gasteiger partial charge is 0.393 e. The van der Waals surface area contributed by atoms with E-state index in [-0.39, 0.29) is 17.7 Å². The second-order valence-electron chi connectivity index (χ2n) is 8.27. The highest BCUT2D eigenvalue weighted by Gasteiger charge is 2.25. The molecule has 0 saturated heterocycles. The van der Waals surface area contributed by atoms with Crippen LogP contribution in [0.15, 0.2) is 35.3 Å². The fourth-order valence-corrected chi connectivity index (χ4v) is 4.41. The van der Waals surface area contributed by atoms with Gasteiger partial charge in [-0.1, -0.05) is 31.0 Å². The lowest BCUT2D eigenvalue weighted by Crippen LogP contribution is -2.30. The molecule has 0 bridgehead atoms. The van der Waals surface area contributed by atoms with Crippen LogP contribution in [-0.2, 0) is 0 Å². The lowest BCUT2D eigenvalue weighted by molar-refractivity contribution is 0.111. The summed E-state index contributed by atoms with van der Waals surface area (Å²) in [5.74, 6) is 1.44. The van der Waals surface area contributed by atoms with E-state index in [2.05, 4.69) is 10.3 Å². The Morgan fingerprint density at radius 3 is 2.54 bits per heavy atom. The Morgan fingerprint density at radius 1 is 1.04 bits per heavy atom. The van der Waals surface area contributed by atoms with Gasteiger partial charge in [0.2, 0.25) is 5.95 Å². The van der Waals surface area contributed by atoms with E-state index in [1.807, 2.05) is 35.0 Å². The highest BCUT2D eigenvalue weighted by atomic mass is 16.3. The minimum absolute atomic E-state index is 0.00659. The van der Waals surface area contributed by atoms with Gasteiger partial charge in [0.05, 0.1) is 6.10 Å². The van der Waals surface area contributed by atoms with Crippen LogP contribution in [0.5, 0.6) is 0 Å². The normalized spacial score (nSPS) is 22.6. The second-order valence-corrected chi connectivity index (χ2v) is 8.27. The Morgan fingerprint density at radius 2 is 1.79 bits per heavy atom. The summed E-state index contributed by atoms with van der Waals surface area (Å²) in [7, 11) is 0. The van der Waals surface area contributed by atoms with E-state index < -0.39 is 0 Å². The van der Waals surface area contributed by atoms with Crippen molar-refractivity contribution in [3.05, 3.63) is 40.8 Å². The average Bonchev–Trinajstić information content (AvgIpc) is 3.54. The Balaban J connectivity index is 1.62. The molecule has 2 heterocycles. The topological polar surface area (TPSA) is 80.0 Å². The molecule has 0 unspecified atom stereocenters. The van der Waals surface area contributed by atoms with Gasteiger partial charge in [0.15, 0.2) is 0 Å². The van der Waals surface area contributed by atoms with Crippen molar-refractivity contribution in [3.8, 4) is 0 Å². The van der Waals surface area contributed by atoms with Crippen molar-refractivity contribution in [1.82, 2.24) is 14.5 Å². The molecule has 2 fully saturated rings. The van der Waals surface area contributed by atoms with Crippen molar-refractivity contribution in [2.45, 2.75) is 57.1 Å². The minimum Gasteiger partial charge on any atom is -0.393 e. The molecule has 0 atom stereocenters. The van der Waals surface area contributed by atoms with Gasteiger partial charge in [0.25, 0.3) is 5.56 Å². The highest BCUT2D eigenvalue weighted by molar-refractivity contribution is 6.04. The van der Waals surface area contributed by atoms with Crippen LogP contribution in [0.3, 0.4) is 0 Å². The maximum absolute atomic E-state index is 13.4. The number of fused-ring (bicyclic) bond motifs is 3. The lowest BCUT2D eigenvalue weighted by Gasteiger charge is -2.28. The molecule has 1 aromatic carbocycles. The van der Waals surface area contributed by atoms with Crippen molar-refractivity contribution >= 4 is 27.8 Å². The number of pyridine rings is 1. The molecular weight excluding hydrogens is 352 g/mol. The maximum atomic E-state index is 13.4. The Bertz CT molecular complexity index is 1070. The fraction of sp³-hybridized carbons (Fsp3) is 0.500. The van der Waals surface area contributed by atoms with E-state index in [0.717, 1.165) is 55.3 Å². The molecule has 0 spiro atoms. The van der Waals surface area contributed by atoms with Gasteiger partial charge in [-0.3, -0.25) is 9.36 Å². The highest BCUT2D eigenvalue weighted by Crippen LogP contribution is 2.33. The first-order valence-electron chi connectivity index (χ1n) is 10.4. The predicted octanol–water partition coefficient (Wildman–Crippen LogP) is 3.63. The van der Waals surface area contributed by atoms with Crippen molar-refractivity contribution in [3.63, 3.8) is 0 Å². The molecule has 2 aliphatic carbocycles. The molecule has 2 aromatic heterocycles. The zero-order valence-corrected chi connectivity index (χ0v) is 16.0. The van der Waals surface area contributed by atoms with Crippen LogP contribution < -0.4 is 10.9 Å². The van der Waals surface area contributed by atoms with Gasteiger partial charge in [-0.25, -0.2) is 4.98 Å². The third-order valence-electron chi connectivity index (χ3n) is 6.23. The zero-order valence-electron chi connectivity index (χ0n) is 16.0. The van der Waals surface area contributed by atoms with Gasteiger partial charge in [0.1, 0.15) is 5.65 Å². The summed E-state index contributed by atoms with van der Waals surface area (Å²) in [5, 5.41) is 15.8.